The second kappa shape index (κ2) is 36.2. The number of hydrogen-bond acceptors (Lipinski definition) is 23. The van der Waals surface area contributed by atoms with E-state index in [0.29, 0.717) is 204 Å². The van der Waals surface area contributed by atoms with Crippen molar-refractivity contribution in [3.8, 4) is 11.3 Å². The summed E-state index contributed by atoms with van der Waals surface area (Å²) in [6.45, 7) is 10.2. The topological polar surface area (TPSA) is 440 Å². The highest BCUT2D eigenvalue weighted by Crippen LogP contribution is 2.43. The minimum absolute atomic E-state index is 0.0217. The number of hydrogen-bond donors (Lipinski definition) is 5. The molecule has 0 spiro atoms. The van der Waals surface area contributed by atoms with Gasteiger partial charge in [-0.1, -0.05) is 29.1 Å². The van der Waals surface area contributed by atoms with Crippen molar-refractivity contribution in [3.63, 3.8) is 0 Å². The van der Waals surface area contributed by atoms with E-state index < -0.39 is 95.9 Å². The first-order chi connectivity index (χ1) is 59.6. The number of benzene rings is 1. The van der Waals surface area contributed by atoms with E-state index in [4.69, 9.17) is 16.5 Å². The molecule has 0 bridgehead atoms. The van der Waals surface area contributed by atoms with E-state index in [1.54, 1.807) is 55.0 Å². The van der Waals surface area contributed by atoms with Crippen molar-refractivity contribution in [2.24, 2.45) is 5.73 Å². The highest BCUT2D eigenvalue weighted by Gasteiger charge is 2.55. The van der Waals surface area contributed by atoms with Crippen LogP contribution in [-0.4, -0.2) is 342 Å². The number of carbonyl (C=O) groups excluding carboxylic acids is 15. The number of nitrogens with one attached hydrogen (secondary N) is 3. The van der Waals surface area contributed by atoms with Crippen LogP contribution in [-0.2, 0) is 73.7 Å². The summed E-state index contributed by atoms with van der Waals surface area (Å²) in [4.78, 5) is 244. The lowest BCUT2D eigenvalue weighted by Gasteiger charge is -2.38. The molecule has 4 aromatic rings. The highest BCUT2D eigenvalue weighted by molar-refractivity contribution is 7.98. The molecule has 3 aromatic heterocycles. The molecule has 39 heteroatoms. The van der Waals surface area contributed by atoms with E-state index in [1.807, 2.05) is 51.3 Å². The third kappa shape index (κ3) is 16.9. The number of carbonyl (C=O) groups is 15. The third-order valence-corrected chi connectivity index (χ3v) is 29.1. The van der Waals surface area contributed by atoms with Crippen molar-refractivity contribution in [1.82, 2.24) is 94.4 Å². The molecule has 16 rings (SSSR count). The normalized spacial score (nSPS) is 27.1. The molecular formula is C85H114N22O15S2. The zero-order valence-electron chi connectivity index (χ0n) is 71.3. The molecule has 12 fully saturated rings. The molecule has 37 nitrogen and oxygen atoms in total. The molecule has 124 heavy (non-hydrogen) atoms. The molecular weight excluding hydrogens is 1630 g/mol. The minimum atomic E-state index is -0.942. The second-order valence-corrected chi connectivity index (χ2v) is 38.0. The van der Waals surface area contributed by atoms with Gasteiger partial charge >= 0.3 is 0 Å². The van der Waals surface area contributed by atoms with Crippen molar-refractivity contribution in [1.29, 1.82) is 0 Å². The molecule has 0 saturated carbocycles. The van der Waals surface area contributed by atoms with Crippen LogP contribution in [0.1, 0.15) is 197 Å². The zero-order valence-corrected chi connectivity index (χ0v) is 72.9. The Morgan fingerprint density at radius 3 is 1.16 bits per heavy atom. The zero-order chi connectivity index (χ0) is 87.4. The summed E-state index contributed by atoms with van der Waals surface area (Å²) < 4.78 is 1.59. The first-order valence-electron chi connectivity index (χ1n) is 44.5. The maximum atomic E-state index is 15.1. The quantitative estimate of drug-likeness (QED) is 0.0588. The molecule has 666 valence electrons. The van der Waals surface area contributed by atoms with Gasteiger partial charge in [-0.15, -0.1) is 16.4 Å². The van der Waals surface area contributed by atoms with Gasteiger partial charge in [0.15, 0.2) is 5.16 Å². The first-order valence-corrected chi connectivity index (χ1v) is 46.5. The Balaban J connectivity index is 0.506. The summed E-state index contributed by atoms with van der Waals surface area (Å²) >= 11 is 2.56. The number of nitrogens with two attached hydrogens (primary N) is 2. The van der Waals surface area contributed by atoms with Gasteiger partial charge in [-0.3, -0.25) is 71.9 Å². The van der Waals surface area contributed by atoms with Crippen molar-refractivity contribution in [3.05, 3.63) is 41.0 Å². The van der Waals surface area contributed by atoms with E-state index in [0.717, 1.165) is 0 Å². The molecule has 15 amide bonds. The molecule has 0 unspecified atom stereocenters. The summed E-state index contributed by atoms with van der Waals surface area (Å²) in [6.07, 6.45) is 13.6. The Morgan fingerprint density at radius 1 is 0.476 bits per heavy atom. The number of thioether (sulfide) groups is 1. The van der Waals surface area contributed by atoms with Gasteiger partial charge in [-0.2, -0.15) is 0 Å². The fraction of sp³-hybridized carbons (Fsp3) is 0.659. The Hall–Kier alpha value is -10.6. The highest BCUT2D eigenvalue weighted by atomic mass is 32.2. The van der Waals surface area contributed by atoms with E-state index in [2.05, 4.69) is 31.2 Å². The molecule has 13 atom stereocenters. The lowest BCUT2D eigenvalue weighted by molar-refractivity contribution is -0.156. The molecule has 0 aliphatic carbocycles. The minimum Gasteiger partial charge on any atom is -0.397 e. The molecule has 12 aliphatic rings. The van der Waals surface area contributed by atoms with Crippen molar-refractivity contribution in [2.45, 2.75) is 271 Å². The third-order valence-electron chi connectivity index (χ3n) is 27.5. The number of anilines is 2. The van der Waals surface area contributed by atoms with Gasteiger partial charge in [0.05, 0.1) is 42.1 Å². The van der Waals surface area contributed by atoms with Crippen molar-refractivity contribution in [2.75, 3.05) is 102 Å². The van der Waals surface area contributed by atoms with Gasteiger partial charge in [0.1, 0.15) is 87.9 Å². The Labute approximate surface area is 727 Å². The number of likely N-dealkylation sites (tertiary alicyclic amines) is 12. The predicted octanol–water partition coefficient (Wildman–Crippen LogP) is 2.06. The predicted molar refractivity (Wildman–Crippen MR) is 453 cm³/mol. The van der Waals surface area contributed by atoms with Crippen molar-refractivity contribution >= 4 is 133 Å². The number of nitrogen functional groups attached to an aromatic ring is 1. The fourth-order valence-electron chi connectivity index (χ4n) is 21.5. The Bertz CT molecular complexity index is 4920. The van der Waals surface area contributed by atoms with Crippen LogP contribution in [0.5, 0.6) is 0 Å². The summed E-state index contributed by atoms with van der Waals surface area (Å²) in [5.41, 5.74) is 14.4. The first kappa shape index (κ1) is 86.9. The average molecular weight is 1750 g/mol. The van der Waals surface area contributed by atoms with E-state index in [9.17, 15) is 47.9 Å². The Morgan fingerprint density at radius 2 is 0.823 bits per heavy atom. The molecule has 15 heterocycles. The number of fused-ring (bicyclic) bond motifs is 1. The SMILES string of the molecule is CSc1nc(-c2cccc(NCC(=O)NCc3cn([C@@H]4C[C@@H](C(=O)N5CCC[C@H]5C(=O)N5CCC[C@H]5C(=O)N5CCC[C@H]5C(=O)N5CCC[C@H]5C(=O)N5CCC[C@H]5C(=O)N5CCC[C@H]5C(=O)N5CCC[C@H]5C(=O)N5CCC[C@H]5C(=O)N5CCC[C@H]5C(=O)N5CCC[C@H]5C(=O)N5CCC[C@H]5C(N)=O)N(C(C)=O)C4)nn3)c2)c2c(N)c(C(=O)NC(C)(C)C)sc2n1. The fourth-order valence-corrected chi connectivity index (χ4v) is 23.0. The summed E-state index contributed by atoms with van der Waals surface area (Å²) in [6, 6.07) is -3.63. The lowest BCUT2D eigenvalue weighted by Crippen LogP contribution is -2.59. The van der Waals surface area contributed by atoms with Crippen LogP contribution >= 0.6 is 23.1 Å². The van der Waals surface area contributed by atoms with Crippen LogP contribution in [0.2, 0.25) is 0 Å². The number of primary amides is 1. The van der Waals surface area contributed by atoms with E-state index in [1.165, 1.54) is 44.7 Å². The second-order valence-electron chi connectivity index (χ2n) is 36.3. The molecule has 1 aromatic carbocycles. The van der Waals surface area contributed by atoms with Gasteiger partial charge in [-0.05, 0) is 180 Å². The summed E-state index contributed by atoms with van der Waals surface area (Å²) in [5.74, 6) is -5.58. The number of aromatic nitrogens is 5. The van der Waals surface area contributed by atoms with Gasteiger partial charge in [-0.25, -0.2) is 14.6 Å². The largest absolute Gasteiger partial charge is 0.397 e. The number of thiophene rings is 1. The number of nitrogens with zero attached hydrogens (tertiary/aromatic N) is 17. The van der Waals surface area contributed by atoms with Crippen LogP contribution in [0.15, 0.2) is 35.6 Å². The monoisotopic (exact) mass is 1750 g/mol. The van der Waals surface area contributed by atoms with E-state index >= 15 is 24.0 Å². The standard InChI is InChI=1S/C85H114N22O15S2/c1-48(108)106-47-52(107-46-51(93-94-107)44-89-65(109)45-88-50-19-6-18-49(42-50)68-66-67(86)69(71(111)92-85(2,3)4)124-72(66)91-84(90-68)123-5)43-64(106)83(122)105-41-17-30-63(105)82(121)104-40-16-29-62(104)81(120)103-39-15-28-61(103)80(119)102-38-14-27-60(102)79(118)101-37-13-26-59(101)78(117)100-36-12-25-58(100)77(116)99-35-11-24-57(99)76(115)98-34-10-23-56(98)75(114)97-33-9-22-55(97)74(113)96-32-8-21-54(96)73(112)95-31-7-20-53(95)70(87)110/h6,18-19,42,46,52-64,88H,7-17,20-41,43-45,47,86H2,1-5H3,(H2,87,110)(H,89,109)(H,92,111)/t52-,53+,54+,55+,56+,57+,58+,59+,60+,61+,62+,63+,64+/m1/s1. The lowest BCUT2D eigenvalue weighted by atomic mass is 10.1. The van der Waals surface area contributed by atoms with Gasteiger partial charge < -0.3 is 86.2 Å². The number of rotatable bonds is 21. The maximum absolute atomic E-state index is 15.1. The Kier molecular flexibility index (Phi) is 25.3. The van der Waals surface area contributed by atoms with Gasteiger partial charge in [0, 0.05) is 109 Å². The summed E-state index contributed by atoms with van der Waals surface area (Å²) in [7, 11) is 0. The van der Waals surface area contributed by atoms with Gasteiger partial charge in [0.25, 0.3) is 5.91 Å². The van der Waals surface area contributed by atoms with Crippen molar-refractivity contribution < 1.29 is 71.9 Å². The average Bonchev–Trinajstić information content (AvgIpc) is 1.47. The van der Waals surface area contributed by atoms with Crippen LogP contribution in [0, 0.1) is 0 Å². The van der Waals surface area contributed by atoms with Crippen LogP contribution in [0.25, 0.3) is 21.5 Å². The van der Waals surface area contributed by atoms with Crippen LogP contribution < -0.4 is 27.4 Å². The molecule has 12 aliphatic heterocycles. The maximum Gasteiger partial charge on any atom is 0.263 e. The molecule has 0 radical (unpaired) electrons. The summed E-state index contributed by atoms with van der Waals surface area (Å²) in [5, 5.41) is 18.8. The van der Waals surface area contributed by atoms with Crippen LogP contribution in [0.4, 0.5) is 11.4 Å². The smallest absolute Gasteiger partial charge is 0.263 e. The number of amides is 15. The van der Waals surface area contributed by atoms with Gasteiger partial charge in [0.2, 0.25) is 82.7 Å². The van der Waals surface area contributed by atoms with Crippen LogP contribution in [0.3, 0.4) is 0 Å². The molecule has 12 saturated heterocycles. The van der Waals surface area contributed by atoms with E-state index in [-0.39, 0.29) is 161 Å². The molecule has 7 N–H and O–H groups in total.